The summed E-state index contributed by atoms with van der Waals surface area (Å²) in [5, 5.41) is 9.06. The van der Waals surface area contributed by atoms with E-state index in [9.17, 15) is 4.79 Å². The zero-order valence-electron chi connectivity index (χ0n) is 9.83. The molecule has 0 aromatic heterocycles. The van der Waals surface area contributed by atoms with Crippen molar-refractivity contribution in [2.45, 2.75) is 27.2 Å². The standard InChI is InChI=1S/C13H15NO2/c1-4-16-13(15)7-11-9(2)5-6-10(3)12(11)8-14/h5-6H,4,7H2,1-3H3. The number of hydrogen-bond acceptors (Lipinski definition) is 3. The Hall–Kier alpha value is -1.82. The summed E-state index contributed by atoms with van der Waals surface area (Å²) in [6, 6.07) is 5.96. The first-order valence-electron chi connectivity index (χ1n) is 5.25. The minimum atomic E-state index is -0.285. The first-order chi connectivity index (χ1) is 7.60. The largest absolute Gasteiger partial charge is 0.466 e. The first kappa shape index (κ1) is 12.3. The molecule has 1 rings (SSSR count). The van der Waals surface area contributed by atoms with E-state index >= 15 is 0 Å². The summed E-state index contributed by atoms with van der Waals surface area (Å²) in [5.74, 6) is -0.285. The Kier molecular flexibility index (Phi) is 4.07. The lowest BCUT2D eigenvalue weighted by molar-refractivity contribution is -0.142. The minimum absolute atomic E-state index is 0.171. The van der Waals surface area contributed by atoms with Crippen LogP contribution in [-0.2, 0) is 16.0 Å². The predicted molar refractivity (Wildman–Crippen MR) is 61.0 cm³/mol. The number of nitriles is 1. The predicted octanol–water partition coefficient (Wildman–Crippen LogP) is 2.28. The van der Waals surface area contributed by atoms with E-state index < -0.39 is 0 Å². The van der Waals surface area contributed by atoms with E-state index in [1.165, 1.54) is 0 Å². The van der Waals surface area contributed by atoms with Gasteiger partial charge in [0.25, 0.3) is 0 Å². The summed E-state index contributed by atoms with van der Waals surface area (Å²) in [6.45, 7) is 5.90. The number of esters is 1. The van der Waals surface area contributed by atoms with Crippen LogP contribution >= 0.6 is 0 Å². The Morgan fingerprint density at radius 1 is 1.38 bits per heavy atom. The second-order valence-electron chi connectivity index (χ2n) is 3.65. The number of carbonyl (C=O) groups is 1. The lowest BCUT2D eigenvalue weighted by atomic mass is 9.96. The number of aryl methyl sites for hydroxylation is 2. The molecule has 0 aliphatic carbocycles. The molecule has 0 bridgehead atoms. The maximum atomic E-state index is 11.4. The molecule has 3 nitrogen and oxygen atoms in total. The molecule has 0 N–H and O–H groups in total. The number of ether oxygens (including phenoxy) is 1. The molecule has 0 radical (unpaired) electrons. The Balaban J connectivity index is 3.08. The molecule has 3 heteroatoms. The summed E-state index contributed by atoms with van der Waals surface area (Å²) < 4.78 is 4.89. The smallest absolute Gasteiger partial charge is 0.310 e. The lowest BCUT2D eigenvalue weighted by Gasteiger charge is -2.09. The average Bonchev–Trinajstić information content (AvgIpc) is 2.24. The first-order valence-corrected chi connectivity index (χ1v) is 5.25. The monoisotopic (exact) mass is 217 g/mol. The van der Waals surface area contributed by atoms with Gasteiger partial charge in [0.05, 0.1) is 24.7 Å². The van der Waals surface area contributed by atoms with Crippen molar-refractivity contribution in [3.63, 3.8) is 0 Å². The van der Waals surface area contributed by atoms with Crippen molar-refractivity contribution in [2.75, 3.05) is 6.61 Å². The molecule has 16 heavy (non-hydrogen) atoms. The normalized spacial score (nSPS) is 9.62. The third-order valence-corrected chi connectivity index (χ3v) is 2.49. The number of nitrogens with zero attached hydrogens (tertiary/aromatic N) is 1. The Morgan fingerprint density at radius 2 is 2.00 bits per heavy atom. The van der Waals surface area contributed by atoms with Crippen LogP contribution < -0.4 is 0 Å². The molecule has 1 aromatic rings. The van der Waals surface area contributed by atoms with Gasteiger partial charge in [0, 0.05) is 0 Å². The van der Waals surface area contributed by atoms with E-state index in [2.05, 4.69) is 6.07 Å². The highest BCUT2D eigenvalue weighted by Crippen LogP contribution is 2.18. The maximum absolute atomic E-state index is 11.4. The van der Waals surface area contributed by atoms with Crippen LogP contribution in [0.2, 0.25) is 0 Å². The number of benzene rings is 1. The highest BCUT2D eigenvalue weighted by atomic mass is 16.5. The zero-order valence-corrected chi connectivity index (χ0v) is 9.83. The topological polar surface area (TPSA) is 50.1 Å². The quantitative estimate of drug-likeness (QED) is 0.730. The molecule has 0 spiro atoms. The van der Waals surface area contributed by atoms with Gasteiger partial charge in [-0.2, -0.15) is 5.26 Å². The van der Waals surface area contributed by atoms with Crippen LogP contribution in [0.4, 0.5) is 0 Å². The summed E-state index contributed by atoms with van der Waals surface area (Å²) in [6.07, 6.45) is 0.171. The van der Waals surface area contributed by atoms with Gasteiger partial charge in [0.15, 0.2) is 0 Å². The highest BCUT2D eigenvalue weighted by molar-refractivity contribution is 5.74. The number of hydrogen-bond donors (Lipinski definition) is 0. The van der Waals surface area contributed by atoms with Crippen LogP contribution in [0.3, 0.4) is 0 Å². The molecule has 0 aliphatic heterocycles. The van der Waals surface area contributed by atoms with Crippen LogP contribution in [-0.4, -0.2) is 12.6 Å². The third kappa shape index (κ3) is 2.60. The van der Waals surface area contributed by atoms with Crippen molar-refractivity contribution in [2.24, 2.45) is 0 Å². The van der Waals surface area contributed by atoms with E-state index in [1.54, 1.807) is 6.92 Å². The Labute approximate surface area is 95.7 Å². The summed E-state index contributed by atoms with van der Waals surface area (Å²) in [4.78, 5) is 11.4. The minimum Gasteiger partial charge on any atom is -0.466 e. The maximum Gasteiger partial charge on any atom is 0.310 e. The average molecular weight is 217 g/mol. The molecule has 1 aromatic carbocycles. The van der Waals surface area contributed by atoms with Crippen molar-refractivity contribution < 1.29 is 9.53 Å². The van der Waals surface area contributed by atoms with Gasteiger partial charge in [-0.1, -0.05) is 12.1 Å². The van der Waals surface area contributed by atoms with Crippen molar-refractivity contribution in [3.05, 3.63) is 34.4 Å². The van der Waals surface area contributed by atoms with Gasteiger partial charge < -0.3 is 4.74 Å². The van der Waals surface area contributed by atoms with Crippen LogP contribution in [0.1, 0.15) is 29.2 Å². The molecule has 0 aliphatic rings. The summed E-state index contributed by atoms with van der Waals surface area (Å²) in [7, 11) is 0. The molecule has 0 fully saturated rings. The molecule has 0 atom stereocenters. The van der Waals surface area contributed by atoms with Gasteiger partial charge in [0.2, 0.25) is 0 Å². The fraction of sp³-hybridized carbons (Fsp3) is 0.385. The van der Waals surface area contributed by atoms with E-state index in [1.807, 2.05) is 26.0 Å². The fourth-order valence-corrected chi connectivity index (χ4v) is 1.61. The van der Waals surface area contributed by atoms with Gasteiger partial charge in [-0.25, -0.2) is 0 Å². The summed E-state index contributed by atoms with van der Waals surface area (Å²) in [5.41, 5.74) is 3.22. The fourth-order valence-electron chi connectivity index (χ4n) is 1.61. The van der Waals surface area contributed by atoms with Gasteiger partial charge in [0.1, 0.15) is 0 Å². The van der Waals surface area contributed by atoms with Crippen LogP contribution in [0.5, 0.6) is 0 Å². The lowest BCUT2D eigenvalue weighted by Crippen LogP contribution is -2.10. The molecule has 0 unspecified atom stereocenters. The van der Waals surface area contributed by atoms with Crippen molar-refractivity contribution in [1.82, 2.24) is 0 Å². The summed E-state index contributed by atoms with van der Waals surface area (Å²) >= 11 is 0. The number of rotatable bonds is 3. The van der Waals surface area contributed by atoms with Crippen LogP contribution in [0.25, 0.3) is 0 Å². The van der Waals surface area contributed by atoms with E-state index in [0.29, 0.717) is 12.2 Å². The highest BCUT2D eigenvalue weighted by Gasteiger charge is 2.13. The van der Waals surface area contributed by atoms with E-state index in [-0.39, 0.29) is 12.4 Å². The number of carbonyl (C=O) groups excluding carboxylic acids is 1. The molecule has 0 saturated heterocycles. The Bertz CT molecular complexity index is 444. The molecule has 0 heterocycles. The van der Waals surface area contributed by atoms with E-state index in [4.69, 9.17) is 10.00 Å². The van der Waals surface area contributed by atoms with Crippen LogP contribution in [0.15, 0.2) is 12.1 Å². The third-order valence-electron chi connectivity index (χ3n) is 2.49. The molecule has 0 amide bonds. The van der Waals surface area contributed by atoms with Gasteiger partial charge in [-0.15, -0.1) is 0 Å². The molecule has 0 saturated carbocycles. The van der Waals surface area contributed by atoms with E-state index in [0.717, 1.165) is 16.7 Å². The van der Waals surface area contributed by atoms with Crippen molar-refractivity contribution in [3.8, 4) is 6.07 Å². The van der Waals surface area contributed by atoms with Crippen LogP contribution in [0, 0.1) is 25.2 Å². The molecule has 84 valence electrons. The zero-order chi connectivity index (χ0) is 12.1. The Morgan fingerprint density at radius 3 is 2.56 bits per heavy atom. The SMILES string of the molecule is CCOC(=O)Cc1c(C)ccc(C)c1C#N. The second-order valence-corrected chi connectivity index (χ2v) is 3.65. The van der Waals surface area contributed by atoms with Gasteiger partial charge in [-0.3, -0.25) is 4.79 Å². The molecular formula is C13H15NO2. The van der Waals surface area contributed by atoms with Gasteiger partial charge in [-0.05, 0) is 37.5 Å². The van der Waals surface area contributed by atoms with Gasteiger partial charge >= 0.3 is 5.97 Å². The second kappa shape index (κ2) is 5.32. The van der Waals surface area contributed by atoms with Crippen molar-refractivity contribution >= 4 is 5.97 Å². The molecular weight excluding hydrogens is 202 g/mol. The van der Waals surface area contributed by atoms with Crippen molar-refractivity contribution in [1.29, 1.82) is 5.26 Å².